The minimum Gasteiger partial charge on any atom is -0.355 e. The van der Waals surface area contributed by atoms with Crippen molar-refractivity contribution < 1.29 is 0 Å². The second-order valence-electron chi connectivity index (χ2n) is 6.93. The van der Waals surface area contributed by atoms with E-state index < -0.39 is 0 Å². The number of benzene rings is 1. The average Bonchev–Trinajstić information content (AvgIpc) is 3.44. The molecule has 6 heteroatoms. The van der Waals surface area contributed by atoms with Gasteiger partial charge in [0.1, 0.15) is 12.1 Å². The maximum atomic E-state index is 4.61. The second kappa shape index (κ2) is 6.11. The molecule has 1 aliphatic heterocycles. The number of anilines is 1. The molecule has 0 spiro atoms. The van der Waals surface area contributed by atoms with Gasteiger partial charge in [-0.25, -0.2) is 14.6 Å². The zero-order valence-electron chi connectivity index (χ0n) is 14.3. The number of hydrogen-bond donors (Lipinski definition) is 0. The van der Waals surface area contributed by atoms with Crippen LogP contribution in [0, 0.1) is 0 Å². The fourth-order valence-electron chi connectivity index (χ4n) is 3.80. The summed E-state index contributed by atoms with van der Waals surface area (Å²) in [4.78, 5) is 14.2. The first kappa shape index (κ1) is 14.8. The summed E-state index contributed by atoms with van der Waals surface area (Å²) in [5, 5.41) is 5.61. The van der Waals surface area contributed by atoms with E-state index in [2.05, 4.69) is 24.9 Å². The van der Waals surface area contributed by atoms with Gasteiger partial charge in [0.2, 0.25) is 0 Å². The predicted molar refractivity (Wildman–Crippen MR) is 98.1 cm³/mol. The fourth-order valence-corrected chi connectivity index (χ4v) is 3.80. The highest BCUT2D eigenvalue weighted by Crippen LogP contribution is 2.29. The van der Waals surface area contributed by atoms with Crippen LogP contribution in [-0.4, -0.2) is 56.9 Å². The van der Waals surface area contributed by atoms with E-state index >= 15 is 0 Å². The molecule has 0 N–H and O–H groups in total. The third-order valence-electron chi connectivity index (χ3n) is 5.24. The van der Waals surface area contributed by atoms with E-state index in [-0.39, 0.29) is 0 Å². The molecule has 1 saturated heterocycles. The molecule has 0 radical (unpaired) electrons. The van der Waals surface area contributed by atoms with E-state index in [0.29, 0.717) is 0 Å². The Morgan fingerprint density at radius 1 is 0.920 bits per heavy atom. The average molecular weight is 334 g/mol. The van der Waals surface area contributed by atoms with Crippen LogP contribution in [-0.2, 0) is 0 Å². The van der Waals surface area contributed by atoms with Crippen LogP contribution in [0.1, 0.15) is 19.3 Å². The minimum absolute atomic E-state index is 0.839. The monoisotopic (exact) mass is 334 g/mol. The van der Waals surface area contributed by atoms with Gasteiger partial charge in [0.25, 0.3) is 0 Å². The minimum atomic E-state index is 0.839. The molecule has 2 fully saturated rings. The molecule has 1 aromatic carbocycles. The van der Waals surface area contributed by atoms with Crippen LogP contribution in [0.15, 0.2) is 42.9 Å². The molecule has 25 heavy (non-hydrogen) atoms. The van der Waals surface area contributed by atoms with Crippen molar-refractivity contribution in [2.75, 3.05) is 31.1 Å². The van der Waals surface area contributed by atoms with E-state index in [1.165, 1.54) is 25.8 Å². The van der Waals surface area contributed by atoms with E-state index in [4.69, 9.17) is 0 Å². The Hall–Kier alpha value is -2.47. The molecule has 1 aliphatic carbocycles. The molecule has 1 saturated carbocycles. The highest BCUT2D eigenvalue weighted by molar-refractivity contribution is 5.87. The summed E-state index contributed by atoms with van der Waals surface area (Å²) in [5.41, 5.74) is 1.90. The molecule has 0 unspecified atom stereocenters. The maximum Gasteiger partial charge on any atom is 0.168 e. The van der Waals surface area contributed by atoms with E-state index in [0.717, 1.165) is 48.2 Å². The van der Waals surface area contributed by atoms with Crippen molar-refractivity contribution in [3.63, 3.8) is 0 Å². The third-order valence-corrected chi connectivity index (χ3v) is 5.24. The first-order chi connectivity index (χ1) is 12.4. The van der Waals surface area contributed by atoms with Crippen molar-refractivity contribution in [2.24, 2.45) is 0 Å². The Bertz CT molecular complexity index is 870. The van der Waals surface area contributed by atoms with Gasteiger partial charge in [-0.2, -0.15) is 5.10 Å². The standard InChI is InChI=1S/C19H22N6/c1-2-5-16(6-3-1)25-19-17(13-22-25)18(20-14-21-19)24-10-4-9-23(11-12-24)15-7-8-15/h1-3,5-6,13-15H,4,7-12H2. The topological polar surface area (TPSA) is 50.1 Å². The van der Waals surface area contributed by atoms with Crippen molar-refractivity contribution in [1.82, 2.24) is 24.6 Å². The van der Waals surface area contributed by atoms with Gasteiger partial charge in [-0.15, -0.1) is 0 Å². The number of nitrogens with zero attached hydrogens (tertiary/aromatic N) is 6. The first-order valence-corrected chi connectivity index (χ1v) is 9.13. The molecule has 128 valence electrons. The molecule has 2 aliphatic rings. The van der Waals surface area contributed by atoms with Gasteiger partial charge in [-0.1, -0.05) is 18.2 Å². The summed E-state index contributed by atoms with van der Waals surface area (Å²) in [7, 11) is 0. The Labute approximate surface area is 147 Å². The van der Waals surface area contributed by atoms with Gasteiger partial charge in [0, 0.05) is 32.2 Å². The van der Waals surface area contributed by atoms with Crippen molar-refractivity contribution in [3.05, 3.63) is 42.9 Å². The van der Waals surface area contributed by atoms with Crippen LogP contribution in [0.2, 0.25) is 0 Å². The smallest absolute Gasteiger partial charge is 0.168 e. The van der Waals surface area contributed by atoms with Crippen molar-refractivity contribution in [3.8, 4) is 5.69 Å². The quantitative estimate of drug-likeness (QED) is 0.736. The third kappa shape index (κ3) is 2.76. The van der Waals surface area contributed by atoms with Crippen molar-refractivity contribution >= 4 is 16.9 Å². The lowest BCUT2D eigenvalue weighted by Crippen LogP contribution is -2.32. The SMILES string of the molecule is c1ccc(-n2ncc3c(N4CCCN(C5CC5)CC4)ncnc32)cc1. The van der Waals surface area contributed by atoms with Crippen LogP contribution in [0.3, 0.4) is 0 Å². The lowest BCUT2D eigenvalue weighted by molar-refractivity contribution is 0.283. The lowest BCUT2D eigenvalue weighted by Gasteiger charge is -2.22. The zero-order valence-corrected chi connectivity index (χ0v) is 14.3. The molecular weight excluding hydrogens is 312 g/mol. The molecule has 0 atom stereocenters. The predicted octanol–water partition coefficient (Wildman–Crippen LogP) is 2.49. The summed E-state index contributed by atoms with van der Waals surface area (Å²) >= 11 is 0. The maximum absolute atomic E-state index is 4.61. The summed E-state index contributed by atoms with van der Waals surface area (Å²) < 4.78 is 1.90. The number of rotatable bonds is 3. The zero-order chi connectivity index (χ0) is 16.6. The Kier molecular flexibility index (Phi) is 3.63. The van der Waals surface area contributed by atoms with Crippen LogP contribution in [0.4, 0.5) is 5.82 Å². The number of para-hydroxylation sites is 1. The summed E-state index contributed by atoms with van der Waals surface area (Å²) in [6, 6.07) is 11.0. The molecule has 3 heterocycles. The Morgan fingerprint density at radius 3 is 2.64 bits per heavy atom. The summed E-state index contributed by atoms with van der Waals surface area (Å²) in [5.74, 6) is 1.02. The molecular formula is C19H22N6. The van der Waals surface area contributed by atoms with E-state index in [9.17, 15) is 0 Å². The molecule has 0 amide bonds. The van der Waals surface area contributed by atoms with Gasteiger partial charge in [0.05, 0.1) is 17.3 Å². The van der Waals surface area contributed by atoms with Crippen LogP contribution >= 0.6 is 0 Å². The van der Waals surface area contributed by atoms with Crippen LogP contribution < -0.4 is 4.90 Å². The number of fused-ring (bicyclic) bond motifs is 1. The number of aromatic nitrogens is 4. The Morgan fingerprint density at radius 2 is 1.80 bits per heavy atom. The first-order valence-electron chi connectivity index (χ1n) is 9.13. The highest BCUT2D eigenvalue weighted by atomic mass is 15.3. The van der Waals surface area contributed by atoms with Gasteiger partial charge in [0.15, 0.2) is 5.65 Å². The lowest BCUT2D eigenvalue weighted by atomic mass is 10.3. The van der Waals surface area contributed by atoms with Gasteiger partial charge < -0.3 is 4.90 Å². The van der Waals surface area contributed by atoms with Gasteiger partial charge in [-0.05, 0) is 31.4 Å². The molecule has 5 rings (SSSR count). The molecule has 0 bridgehead atoms. The van der Waals surface area contributed by atoms with Crippen molar-refractivity contribution in [2.45, 2.75) is 25.3 Å². The Balaban J connectivity index is 1.48. The van der Waals surface area contributed by atoms with E-state index in [1.54, 1.807) is 6.33 Å². The largest absolute Gasteiger partial charge is 0.355 e. The summed E-state index contributed by atoms with van der Waals surface area (Å²) in [6.07, 6.45) is 7.52. The molecule has 2 aromatic heterocycles. The van der Waals surface area contributed by atoms with Crippen LogP contribution in [0.5, 0.6) is 0 Å². The second-order valence-corrected chi connectivity index (χ2v) is 6.93. The van der Waals surface area contributed by atoms with Crippen molar-refractivity contribution in [1.29, 1.82) is 0 Å². The highest BCUT2D eigenvalue weighted by Gasteiger charge is 2.30. The van der Waals surface area contributed by atoms with Gasteiger partial charge in [-0.3, -0.25) is 4.90 Å². The molecule has 6 nitrogen and oxygen atoms in total. The fraction of sp³-hybridized carbons (Fsp3) is 0.421. The number of hydrogen-bond acceptors (Lipinski definition) is 5. The van der Waals surface area contributed by atoms with Crippen LogP contribution in [0.25, 0.3) is 16.7 Å². The normalized spacial score (nSPS) is 19.3. The van der Waals surface area contributed by atoms with E-state index in [1.807, 2.05) is 41.2 Å². The van der Waals surface area contributed by atoms with Gasteiger partial charge >= 0.3 is 0 Å². The summed E-state index contributed by atoms with van der Waals surface area (Å²) in [6.45, 7) is 4.41. The molecule has 3 aromatic rings.